The quantitative estimate of drug-likeness (QED) is 0.533. The van der Waals surface area contributed by atoms with Crippen LogP contribution in [0.1, 0.15) is 62.4 Å². The molecule has 0 bridgehead atoms. The van der Waals surface area contributed by atoms with E-state index in [0.29, 0.717) is 6.20 Å². The second-order valence-corrected chi connectivity index (χ2v) is 9.28. The number of nitrogens with one attached hydrogen (secondary N) is 2. The van der Waals surface area contributed by atoms with Gasteiger partial charge in [0.15, 0.2) is 6.10 Å². The number of hydrogen-bond acceptors (Lipinski definition) is 8. The van der Waals surface area contributed by atoms with E-state index in [1.54, 1.807) is 0 Å². The number of carbonyl (C=O) groups excluding carboxylic acids is 2. The highest BCUT2D eigenvalue weighted by molar-refractivity contribution is 6.02. The molecule has 3 rings (SSSR count). The van der Waals surface area contributed by atoms with Gasteiger partial charge in [-0.2, -0.15) is 13.2 Å². The maximum atomic E-state index is 14.8. The number of halogens is 6. The first-order valence-corrected chi connectivity index (χ1v) is 10.9. The van der Waals surface area contributed by atoms with Gasteiger partial charge in [0.25, 0.3) is 18.4 Å². The van der Waals surface area contributed by atoms with Crippen LogP contribution < -0.4 is 10.6 Å². The zero-order valence-corrected chi connectivity index (χ0v) is 20.4. The highest BCUT2D eigenvalue weighted by atomic mass is 19.4. The molecule has 0 fully saturated rings. The van der Waals surface area contributed by atoms with Crippen LogP contribution in [-0.2, 0) is 15.0 Å². The van der Waals surface area contributed by atoms with E-state index in [1.807, 2.05) is 5.32 Å². The summed E-state index contributed by atoms with van der Waals surface area (Å²) in [4.78, 5) is 39.4. The number of alkyl halides is 5. The molecule has 0 aromatic carbocycles. The molecule has 2 aromatic heterocycles. The Kier molecular flexibility index (Phi) is 7.83. The van der Waals surface area contributed by atoms with Gasteiger partial charge in [-0.1, -0.05) is 0 Å². The Hall–Kier alpha value is -3.98. The van der Waals surface area contributed by atoms with Gasteiger partial charge in [-0.25, -0.2) is 38.2 Å². The number of ether oxygens (including phenoxy) is 2. The van der Waals surface area contributed by atoms with Crippen LogP contribution in [0, 0.1) is 5.82 Å². The molecule has 2 N–H and O–H groups in total. The molecule has 2 atom stereocenters. The Balaban J connectivity index is 1.92. The molecule has 2 unspecified atom stereocenters. The summed E-state index contributed by atoms with van der Waals surface area (Å²) in [6.07, 6.45) is -10.9. The fraction of sp³-hybridized carbons (Fsp3) is 0.455. The van der Waals surface area contributed by atoms with E-state index in [-0.39, 0.29) is 11.5 Å². The molecule has 16 heteroatoms. The predicted octanol–water partition coefficient (Wildman–Crippen LogP) is 4.65. The first-order chi connectivity index (χ1) is 17.5. The van der Waals surface area contributed by atoms with E-state index in [9.17, 15) is 35.9 Å². The van der Waals surface area contributed by atoms with Gasteiger partial charge in [0.05, 0.1) is 12.4 Å². The summed E-state index contributed by atoms with van der Waals surface area (Å²) >= 11 is 0. The number of rotatable bonds is 4. The Morgan fingerprint density at radius 3 is 2.37 bits per heavy atom. The van der Waals surface area contributed by atoms with E-state index in [2.05, 4.69) is 25.3 Å². The fourth-order valence-corrected chi connectivity index (χ4v) is 3.25. The molecule has 2 aromatic rings. The third-order valence-corrected chi connectivity index (χ3v) is 4.88. The van der Waals surface area contributed by atoms with Gasteiger partial charge < -0.3 is 14.8 Å². The number of hydrogen-bond donors (Lipinski definition) is 2. The number of pyridine rings is 1. The third-order valence-electron chi connectivity index (χ3n) is 4.88. The van der Waals surface area contributed by atoms with Crippen LogP contribution in [0.5, 0.6) is 0 Å². The number of amidine groups is 1. The van der Waals surface area contributed by atoms with E-state index < -0.39 is 71.5 Å². The van der Waals surface area contributed by atoms with Crippen molar-refractivity contribution >= 4 is 23.8 Å². The number of aliphatic imine (C=N–C) groups is 1. The van der Waals surface area contributed by atoms with Gasteiger partial charge >= 0.3 is 12.3 Å². The first kappa shape index (κ1) is 28.6. The zero-order valence-electron chi connectivity index (χ0n) is 20.4. The van der Waals surface area contributed by atoms with Crippen molar-refractivity contribution in [2.75, 3.05) is 5.32 Å². The molecule has 1 aliphatic rings. The summed E-state index contributed by atoms with van der Waals surface area (Å²) in [5, 5.41) is 4.22. The van der Waals surface area contributed by atoms with E-state index in [4.69, 9.17) is 9.47 Å². The van der Waals surface area contributed by atoms with Gasteiger partial charge in [-0.15, -0.1) is 0 Å². The Morgan fingerprint density at radius 1 is 1.13 bits per heavy atom. The summed E-state index contributed by atoms with van der Waals surface area (Å²) in [5.41, 5.74) is -4.65. The summed E-state index contributed by atoms with van der Waals surface area (Å²) < 4.78 is 90.9. The zero-order chi connectivity index (χ0) is 28.5. The average molecular weight is 548 g/mol. The summed E-state index contributed by atoms with van der Waals surface area (Å²) in [6.45, 7) is 5.71. The Bertz CT molecular complexity index is 1230. The molecule has 2 amide bonds. The minimum atomic E-state index is -4.93. The number of amides is 2. The first-order valence-electron chi connectivity index (χ1n) is 10.9. The molecule has 38 heavy (non-hydrogen) atoms. The number of anilines is 1. The lowest BCUT2D eigenvalue weighted by Gasteiger charge is -2.36. The lowest BCUT2D eigenvalue weighted by atomic mass is 9.89. The van der Waals surface area contributed by atoms with Crippen LogP contribution >= 0.6 is 0 Å². The smallest absolute Gasteiger partial charge is 0.425 e. The van der Waals surface area contributed by atoms with Crippen molar-refractivity contribution in [3.8, 4) is 0 Å². The second kappa shape index (κ2) is 10.4. The van der Waals surface area contributed by atoms with Crippen molar-refractivity contribution in [2.45, 2.75) is 64.0 Å². The van der Waals surface area contributed by atoms with Crippen molar-refractivity contribution < 1.29 is 45.4 Å². The van der Waals surface area contributed by atoms with Crippen molar-refractivity contribution in [2.24, 2.45) is 4.99 Å². The van der Waals surface area contributed by atoms with Crippen LogP contribution in [0.2, 0.25) is 0 Å². The summed E-state index contributed by atoms with van der Waals surface area (Å²) in [6, 6.07) is 0.981. The predicted molar refractivity (Wildman–Crippen MR) is 119 cm³/mol. The van der Waals surface area contributed by atoms with Gasteiger partial charge in [0, 0.05) is 6.42 Å². The number of alkyl carbamates (subject to hydrolysis) is 1. The average Bonchev–Trinajstić information content (AvgIpc) is 2.78. The van der Waals surface area contributed by atoms with Crippen LogP contribution in [0.4, 0.5) is 37.0 Å². The van der Waals surface area contributed by atoms with E-state index in [0.717, 1.165) is 25.3 Å². The largest absolute Gasteiger partial charge is 0.452 e. The Labute approximate surface area is 211 Å². The molecular weight excluding hydrogens is 526 g/mol. The Morgan fingerprint density at radius 2 is 1.82 bits per heavy atom. The third kappa shape index (κ3) is 7.07. The molecule has 0 saturated heterocycles. The monoisotopic (exact) mass is 548 g/mol. The van der Waals surface area contributed by atoms with Crippen LogP contribution in [0.3, 0.4) is 0 Å². The SMILES string of the molecule is CC(C)(C)OC(=O)NC1=NC(C)(c2nc(NC(=O)c3cnc(C(F)F)cn3)ccc2F)CC(C(F)(F)F)O1. The van der Waals surface area contributed by atoms with Crippen molar-refractivity contribution in [3.63, 3.8) is 0 Å². The standard InChI is InChI=1S/C22H22F6N6O4/c1-20(2,3)38-19(36)33-18-34-21(4,7-13(37-18)22(26,27)28)15-10(23)5-6-14(31-15)32-17(35)12-9-29-11(8-30-12)16(24)25/h5-6,8-9,13,16H,7H2,1-4H3,(H,31,32,35)(H,33,34,36). The molecule has 0 saturated carbocycles. The highest BCUT2D eigenvalue weighted by Gasteiger charge is 2.51. The lowest BCUT2D eigenvalue weighted by Crippen LogP contribution is -2.49. The number of nitrogens with zero attached hydrogens (tertiary/aromatic N) is 4. The van der Waals surface area contributed by atoms with Gasteiger partial charge in [0.2, 0.25) is 0 Å². The van der Waals surface area contributed by atoms with Gasteiger partial charge in [-0.05, 0) is 39.8 Å². The van der Waals surface area contributed by atoms with E-state index >= 15 is 0 Å². The fourth-order valence-electron chi connectivity index (χ4n) is 3.25. The number of carbonyl (C=O) groups is 2. The molecular formula is C22H22F6N6O4. The molecule has 1 aliphatic heterocycles. The topological polar surface area (TPSA) is 128 Å². The maximum absolute atomic E-state index is 14.8. The number of aromatic nitrogens is 3. The minimum absolute atomic E-state index is 0.306. The lowest BCUT2D eigenvalue weighted by molar-refractivity contribution is -0.208. The molecule has 206 valence electrons. The second-order valence-electron chi connectivity index (χ2n) is 9.28. The molecule has 0 radical (unpaired) electrons. The maximum Gasteiger partial charge on any atom is 0.425 e. The molecule has 0 aliphatic carbocycles. The van der Waals surface area contributed by atoms with Gasteiger partial charge in [-0.3, -0.25) is 9.78 Å². The molecule has 3 heterocycles. The van der Waals surface area contributed by atoms with Gasteiger partial charge in [0.1, 0.15) is 39.9 Å². The summed E-state index contributed by atoms with van der Waals surface area (Å²) in [5.74, 6) is -2.32. The normalized spacial score (nSPS) is 19.9. The molecule has 10 nitrogen and oxygen atoms in total. The van der Waals surface area contributed by atoms with E-state index in [1.165, 1.54) is 20.8 Å². The van der Waals surface area contributed by atoms with Crippen LogP contribution in [0.25, 0.3) is 0 Å². The molecule has 0 spiro atoms. The summed E-state index contributed by atoms with van der Waals surface area (Å²) in [7, 11) is 0. The van der Waals surface area contributed by atoms with Crippen molar-refractivity contribution in [1.82, 2.24) is 20.3 Å². The van der Waals surface area contributed by atoms with Crippen LogP contribution in [0.15, 0.2) is 29.5 Å². The van der Waals surface area contributed by atoms with Crippen LogP contribution in [-0.4, -0.2) is 50.9 Å². The van der Waals surface area contributed by atoms with Crippen molar-refractivity contribution in [3.05, 3.63) is 47.4 Å². The minimum Gasteiger partial charge on any atom is -0.452 e. The van der Waals surface area contributed by atoms with Crippen molar-refractivity contribution in [1.29, 1.82) is 0 Å². The highest BCUT2D eigenvalue weighted by Crippen LogP contribution is 2.40.